The van der Waals surface area contributed by atoms with E-state index in [0.717, 1.165) is 0 Å². The lowest BCUT2D eigenvalue weighted by atomic mass is 10.2. The molecule has 0 fully saturated rings. The van der Waals surface area contributed by atoms with Crippen LogP contribution in [-0.4, -0.2) is 6.36 Å². The normalized spacial score (nSPS) is 11.2. The van der Waals surface area contributed by atoms with E-state index in [1.54, 1.807) is 24.3 Å². The van der Waals surface area contributed by atoms with E-state index < -0.39 is 6.36 Å². The van der Waals surface area contributed by atoms with E-state index in [-0.39, 0.29) is 17.1 Å². The van der Waals surface area contributed by atoms with E-state index >= 15 is 0 Å². The molecule has 0 heterocycles. The first-order chi connectivity index (χ1) is 9.37. The van der Waals surface area contributed by atoms with E-state index in [0.29, 0.717) is 10.7 Å². The monoisotopic (exact) mass is 302 g/mol. The Morgan fingerprint density at radius 3 is 2.35 bits per heavy atom. The number of para-hydroxylation sites is 3. The standard InChI is InChI=1S/C13H10ClF3N2O/c14-8-4-3-6-10(12(8)18)19-9-5-1-2-7-11(9)20-13(15,16)17/h1-7,19H,18H2. The maximum Gasteiger partial charge on any atom is 0.573 e. The van der Waals surface area contributed by atoms with Crippen molar-refractivity contribution in [1.82, 2.24) is 0 Å². The summed E-state index contributed by atoms with van der Waals surface area (Å²) in [5.41, 5.74) is 6.53. The molecule has 0 unspecified atom stereocenters. The van der Waals surface area contributed by atoms with Gasteiger partial charge in [-0.25, -0.2) is 0 Å². The van der Waals surface area contributed by atoms with Gasteiger partial charge in [0.05, 0.1) is 22.1 Å². The van der Waals surface area contributed by atoms with Crippen molar-refractivity contribution in [3.05, 3.63) is 47.5 Å². The summed E-state index contributed by atoms with van der Waals surface area (Å²) in [6, 6.07) is 10.5. The summed E-state index contributed by atoms with van der Waals surface area (Å²) in [6.07, 6.45) is -4.77. The Hall–Kier alpha value is -2.08. The van der Waals surface area contributed by atoms with Crippen LogP contribution in [0.1, 0.15) is 0 Å². The van der Waals surface area contributed by atoms with Crippen LogP contribution in [0.25, 0.3) is 0 Å². The lowest BCUT2D eigenvalue weighted by Gasteiger charge is -2.15. The molecule has 3 nitrogen and oxygen atoms in total. The second-order valence-electron chi connectivity index (χ2n) is 3.87. The number of hydrogen-bond acceptors (Lipinski definition) is 3. The third kappa shape index (κ3) is 3.48. The van der Waals surface area contributed by atoms with E-state index in [9.17, 15) is 13.2 Å². The summed E-state index contributed by atoms with van der Waals surface area (Å²) in [5, 5.41) is 3.08. The Labute approximate surface area is 118 Å². The first kappa shape index (κ1) is 14.3. The molecule has 0 spiro atoms. The quantitative estimate of drug-likeness (QED) is 0.817. The van der Waals surface area contributed by atoms with Crippen molar-refractivity contribution in [1.29, 1.82) is 0 Å². The number of halogens is 4. The van der Waals surface area contributed by atoms with Crippen LogP contribution in [0.5, 0.6) is 5.75 Å². The molecule has 0 aliphatic carbocycles. The van der Waals surface area contributed by atoms with Crippen molar-refractivity contribution in [3.8, 4) is 5.75 Å². The van der Waals surface area contributed by atoms with E-state index in [1.165, 1.54) is 18.2 Å². The lowest BCUT2D eigenvalue weighted by molar-refractivity contribution is -0.274. The smallest absolute Gasteiger partial charge is 0.404 e. The zero-order valence-corrected chi connectivity index (χ0v) is 10.8. The zero-order chi connectivity index (χ0) is 14.8. The van der Waals surface area contributed by atoms with Gasteiger partial charge < -0.3 is 15.8 Å². The van der Waals surface area contributed by atoms with Crippen molar-refractivity contribution in [3.63, 3.8) is 0 Å². The minimum atomic E-state index is -4.77. The molecule has 7 heteroatoms. The SMILES string of the molecule is Nc1c(Cl)cccc1Nc1ccccc1OC(F)(F)F. The number of rotatable bonds is 3. The van der Waals surface area contributed by atoms with Crippen molar-refractivity contribution in [2.24, 2.45) is 0 Å². The van der Waals surface area contributed by atoms with Crippen molar-refractivity contribution in [2.75, 3.05) is 11.1 Å². The van der Waals surface area contributed by atoms with Crippen LogP contribution in [0.4, 0.5) is 30.2 Å². The van der Waals surface area contributed by atoms with E-state index in [4.69, 9.17) is 17.3 Å². The molecule has 20 heavy (non-hydrogen) atoms. The average molecular weight is 303 g/mol. The van der Waals surface area contributed by atoms with Gasteiger partial charge in [0.1, 0.15) is 0 Å². The maximum atomic E-state index is 12.3. The van der Waals surface area contributed by atoms with Gasteiger partial charge in [-0.1, -0.05) is 29.8 Å². The highest BCUT2D eigenvalue weighted by molar-refractivity contribution is 6.33. The topological polar surface area (TPSA) is 47.3 Å². The van der Waals surface area contributed by atoms with Gasteiger partial charge in [-0.2, -0.15) is 0 Å². The third-order valence-electron chi connectivity index (χ3n) is 2.44. The Kier molecular flexibility index (Phi) is 3.94. The number of nitrogen functional groups attached to an aromatic ring is 1. The average Bonchev–Trinajstić information content (AvgIpc) is 2.35. The summed E-state index contributed by atoms with van der Waals surface area (Å²) >= 11 is 5.85. The number of ether oxygens (including phenoxy) is 1. The van der Waals surface area contributed by atoms with Crippen molar-refractivity contribution in [2.45, 2.75) is 6.36 Å². The number of nitrogens with two attached hydrogens (primary N) is 1. The van der Waals surface area contributed by atoms with Gasteiger partial charge in [-0.05, 0) is 24.3 Å². The molecule has 2 aromatic rings. The zero-order valence-electron chi connectivity index (χ0n) is 10.0. The molecule has 0 bridgehead atoms. The van der Waals surface area contributed by atoms with E-state index in [1.807, 2.05) is 0 Å². The highest BCUT2D eigenvalue weighted by Gasteiger charge is 2.32. The molecule has 0 saturated heterocycles. The van der Waals surface area contributed by atoms with Crippen molar-refractivity contribution >= 4 is 28.7 Å². The number of nitrogens with one attached hydrogen (secondary N) is 1. The fourth-order valence-electron chi connectivity index (χ4n) is 1.57. The number of anilines is 3. The number of benzene rings is 2. The van der Waals surface area contributed by atoms with Gasteiger partial charge >= 0.3 is 6.36 Å². The Bertz CT molecular complexity index is 617. The van der Waals surface area contributed by atoms with Crippen LogP contribution in [0.3, 0.4) is 0 Å². The van der Waals surface area contributed by atoms with Crippen molar-refractivity contribution < 1.29 is 17.9 Å². The van der Waals surface area contributed by atoms with Gasteiger partial charge in [0.2, 0.25) is 0 Å². The van der Waals surface area contributed by atoms with Gasteiger partial charge in [0.15, 0.2) is 5.75 Å². The molecule has 2 rings (SSSR count). The molecule has 3 N–H and O–H groups in total. The van der Waals surface area contributed by atoms with Crippen LogP contribution in [-0.2, 0) is 0 Å². The second kappa shape index (κ2) is 5.50. The maximum absolute atomic E-state index is 12.3. The molecule has 0 aliphatic rings. The Balaban J connectivity index is 2.32. The number of hydrogen-bond donors (Lipinski definition) is 2. The summed E-state index contributed by atoms with van der Waals surface area (Å²) in [6.45, 7) is 0. The van der Waals surface area contributed by atoms with Gasteiger partial charge in [-0.3, -0.25) is 0 Å². The predicted molar refractivity (Wildman–Crippen MR) is 72.3 cm³/mol. The molecule has 0 amide bonds. The molecule has 0 atom stereocenters. The van der Waals surface area contributed by atoms with Crippen LogP contribution < -0.4 is 15.8 Å². The lowest BCUT2D eigenvalue weighted by Crippen LogP contribution is -2.17. The molecule has 0 saturated carbocycles. The fraction of sp³-hybridized carbons (Fsp3) is 0.0769. The van der Waals surface area contributed by atoms with Crippen LogP contribution >= 0.6 is 11.6 Å². The number of alkyl halides is 3. The van der Waals surface area contributed by atoms with Crippen LogP contribution in [0.15, 0.2) is 42.5 Å². The summed E-state index contributed by atoms with van der Waals surface area (Å²) in [7, 11) is 0. The van der Waals surface area contributed by atoms with Gasteiger partial charge in [0.25, 0.3) is 0 Å². The van der Waals surface area contributed by atoms with Crippen LogP contribution in [0.2, 0.25) is 5.02 Å². The molecule has 0 radical (unpaired) electrons. The largest absolute Gasteiger partial charge is 0.573 e. The molecular weight excluding hydrogens is 293 g/mol. The Morgan fingerprint density at radius 1 is 1.00 bits per heavy atom. The molecule has 2 aromatic carbocycles. The fourth-order valence-corrected chi connectivity index (χ4v) is 1.75. The molecular formula is C13H10ClF3N2O. The second-order valence-corrected chi connectivity index (χ2v) is 4.28. The molecule has 0 aromatic heterocycles. The minimum Gasteiger partial charge on any atom is -0.404 e. The predicted octanol–water partition coefficient (Wildman–Crippen LogP) is 4.56. The molecule has 106 valence electrons. The van der Waals surface area contributed by atoms with Gasteiger partial charge in [0, 0.05) is 0 Å². The Morgan fingerprint density at radius 2 is 1.65 bits per heavy atom. The summed E-state index contributed by atoms with van der Waals surface area (Å²) in [5.74, 6) is -0.348. The van der Waals surface area contributed by atoms with Crippen LogP contribution in [0, 0.1) is 0 Å². The minimum absolute atomic E-state index is 0.138. The summed E-state index contributed by atoms with van der Waals surface area (Å²) in [4.78, 5) is 0. The van der Waals surface area contributed by atoms with Gasteiger partial charge in [-0.15, -0.1) is 13.2 Å². The molecule has 0 aliphatic heterocycles. The highest BCUT2D eigenvalue weighted by Crippen LogP contribution is 2.35. The highest BCUT2D eigenvalue weighted by atomic mass is 35.5. The van der Waals surface area contributed by atoms with E-state index in [2.05, 4.69) is 10.1 Å². The first-order valence-corrected chi connectivity index (χ1v) is 5.90. The summed E-state index contributed by atoms with van der Waals surface area (Å²) < 4.78 is 40.9. The first-order valence-electron chi connectivity index (χ1n) is 5.52. The third-order valence-corrected chi connectivity index (χ3v) is 2.76.